The fourth-order valence-electron chi connectivity index (χ4n) is 2.84. The summed E-state index contributed by atoms with van der Waals surface area (Å²) in [6, 6.07) is 20.9. The summed E-state index contributed by atoms with van der Waals surface area (Å²) < 4.78 is 6.96. The lowest BCUT2D eigenvalue weighted by atomic mass is 10.2. The number of benzene rings is 3. The molecule has 0 radical (unpaired) electrons. The van der Waals surface area contributed by atoms with E-state index in [4.69, 9.17) is 4.42 Å². The molecule has 1 heterocycles. The largest absolute Gasteiger partial charge is 0.436 e. The van der Waals surface area contributed by atoms with Gasteiger partial charge in [0.15, 0.2) is 5.58 Å². The predicted molar refractivity (Wildman–Crippen MR) is 121 cm³/mol. The van der Waals surface area contributed by atoms with Crippen LogP contribution >= 0.6 is 22.6 Å². The van der Waals surface area contributed by atoms with E-state index in [0.29, 0.717) is 28.2 Å². The van der Waals surface area contributed by atoms with Gasteiger partial charge in [-0.3, -0.25) is 4.79 Å². The van der Waals surface area contributed by atoms with E-state index in [1.54, 1.807) is 12.1 Å². The highest BCUT2D eigenvalue weighted by atomic mass is 127. The highest BCUT2D eigenvalue weighted by Crippen LogP contribution is 2.27. The molecule has 5 nitrogen and oxygen atoms in total. The first-order valence-corrected chi connectivity index (χ1v) is 9.83. The number of hydrogen-bond donors (Lipinski definition) is 1. The smallest absolute Gasteiger partial charge is 0.255 e. The van der Waals surface area contributed by atoms with E-state index >= 15 is 0 Å². The van der Waals surface area contributed by atoms with Gasteiger partial charge >= 0.3 is 0 Å². The molecule has 0 saturated heterocycles. The summed E-state index contributed by atoms with van der Waals surface area (Å²) in [6.07, 6.45) is 0. The van der Waals surface area contributed by atoms with Crippen LogP contribution in [0.1, 0.15) is 10.4 Å². The number of oxazole rings is 1. The number of anilines is 2. The summed E-state index contributed by atoms with van der Waals surface area (Å²) in [7, 11) is 4.00. The molecule has 0 aliphatic heterocycles. The van der Waals surface area contributed by atoms with Crippen LogP contribution in [0.2, 0.25) is 0 Å². The molecule has 0 saturated carbocycles. The number of halogens is 1. The number of carbonyl (C=O) groups is 1. The van der Waals surface area contributed by atoms with Crippen molar-refractivity contribution in [3.8, 4) is 11.5 Å². The molecular formula is C22H18IN3O2. The molecule has 3 aromatic carbocycles. The average Bonchev–Trinajstić information content (AvgIpc) is 3.12. The Morgan fingerprint density at radius 2 is 1.71 bits per heavy atom. The molecule has 1 amide bonds. The molecule has 0 fully saturated rings. The molecular weight excluding hydrogens is 465 g/mol. The van der Waals surface area contributed by atoms with Crippen LogP contribution in [0.5, 0.6) is 0 Å². The molecule has 6 heteroatoms. The molecule has 140 valence electrons. The van der Waals surface area contributed by atoms with E-state index in [9.17, 15) is 4.79 Å². The van der Waals surface area contributed by atoms with Gasteiger partial charge in [-0.1, -0.05) is 0 Å². The van der Waals surface area contributed by atoms with Crippen LogP contribution in [0.15, 0.2) is 71.1 Å². The molecule has 0 spiro atoms. The number of nitrogens with zero attached hydrogens (tertiary/aromatic N) is 2. The topological polar surface area (TPSA) is 58.4 Å². The molecule has 4 rings (SSSR count). The quantitative estimate of drug-likeness (QED) is 0.394. The Kier molecular flexibility index (Phi) is 5.04. The van der Waals surface area contributed by atoms with Crippen molar-refractivity contribution < 1.29 is 9.21 Å². The maximum absolute atomic E-state index is 12.4. The van der Waals surface area contributed by atoms with Crippen LogP contribution in [0.25, 0.3) is 22.6 Å². The van der Waals surface area contributed by atoms with E-state index in [0.717, 1.165) is 14.8 Å². The summed E-state index contributed by atoms with van der Waals surface area (Å²) in [5, 5.41) is 2.91. The lowest BCUT2D eigenvalue weighted by molar-refractivity contribution is 0.102. The minimum absolute atomic E-state index is 0.154. The van der Waals surface area contributed by atoms with Gasteiger partial charge in [0, 0.05) is 40.2 Å². The van der Waals surface area contributed by atoms with Crippen molar-refractivity contribution in [3.63, 3.8) is 0 Å². The number of amides is 1. The van der Waals surface area contributed by atoms with Crippen LogP contribution in [0, 0.1) is 3.57 Å². The highest BCUT2D eigenvalue weighted by Gasteiger charge is 2.11. The Labute approximate surface area is 176 Å². The summed E-state index contributed by atoms with van der Waals surface area (Å²) in [4.78, 5) is 19.0. The van der Waals surface area contributed by atoms with Crippen LogP contribution < -0.4 is 10.2 Å². The van der Waals surface area contributed by atoms with Crippen molar-refractivity contribution in [1.29, 1.82) is 0 Å². The maximum atomic E-state index is 12.4. The number of fused-ring (bicyclic) bond motifs is 1. The third kappa shape index (κ3) is 3.87. The number of nitrogens with one attached hydrogen (secondary N) is 1. The molecule has 0 unspecified atom stereocenters. The zero-order valence-electron chi connectivity index (χ0n) is 15.4. The molecule has 1 aromatic heterocycles. The summed E-state index contributed by atoms with van der Waals surface area (Å²) >= 11 is 2.21. The van der Waals surface area contributed by atoms with E-state index in [-0.39, 0.29) is 5.91 Å². The molecule has 28 heavy (non-hydrogen) atoms. The van der Waals surface area contributed by atoms with Crippen molar-refractivity contribution in [3.05, 3.63) is 75.9 Å². The lowest BCUT2D eigenvalue weighted by Crippen LogP contribution is -2.11. The van der Waals surface area contributed by atoms with Gasteiger partial charge in [0.1, 0.15) is 5.52 Å². The third-order valence-corrected chi connectivity index (χ3v) is 5.10. The lowest BCUT2D eigenvalue weighted by Gasteiger charge is -2.11. The molecule has 1 N–H and O–H groups in total. The zero-order valence-corrected chi connectivity index (χ0v) is 17.6. The Morgan fingerprint density at radius 3 is 2.39 bits per heavy atom. The first kappa shape index (κ1) is 18.5. The van der Waals surface area contributed by atoms with E-state index in [1.807, 2.05) is 73.6 Å². The first-order valence-electron chi connectivity index (χ1n) is 8.75. The number of rotatable bonds is 4. The van der Waals surface area contributed by atoms with Gasteiger partial charge in [0.2, 0.25) is 5.89 Å². The third-order valence-electron chi connectivity index (χ3n) is 4.38. The summed E-state index contributed by atoms with van der Waals surface area (Å²) in [6.45, 7) is 0. The Hall–Kier alpha value is -2.87. The second kappa shape index (κ2) is 7.63. The summed E-state index contributed by atoms with van der Waals surface area (Å²) in [5.41, 5.74) is 4.69. The van der Waals surface area contributed by atoms with Gasteiger partial charge in [-0.05, 0) is 89.3 Å². The van der Waals surface area contributed by atoms with Crippen LogP contribution in [0.4, 0.5) is 11.4 Å². The molecule has 0 atom stereocenters. The highest BCUT2D eigenvalue weighted by molar-refractivity contribution is 14.1. The Morgan fingerprint density at radius 1 is 1.00 bits per heavy atom. The van der Waals surface area contributed by atoms with Gasteiger partial charge in [-0.2, -0.15) is 0 Å². The van der Waals surface area contributed by atoms with Crippen molar-refractivity contribution in [1.82, 2.24) is 4.98 Å². The van der Waals surface area contributed by atoms with Crippen molar-refractivity contribution in [2.45, 2.75) is 0 Å². The molecule has 4 aromatic rings. The minimum atomic E-state index is -0.154. The van der Waals surface area contributed by atoms with Crippen LogP contribution in [-0.2, 0) is 0 Å². The van der Waals surface area contributed by atoms with Crippen molar-refractivity contribution in [2.24, 2.45) is 0 Å². The Bertz CT molecular complexity index is 1130. The molecule has 0 aliphatic carbocycles. The van der Waals surface area contributed by atoms with E-state index in [2.05, 4.69) is 32.9 Å². The summed E-state index contributed by atoms with van der Waals surface area (Å²) in [5.74, 6) is 0.403. The standard InChI is InChI=1S/C22H18IN3O2/c1-26(2)18-10-5-15(6-11-18)22-25-19-13-17(9-12-20(19)28-22)24-21(27)14-3-7-16(23)8-4-14/h3-13H,1-2H3,(H,24,27). The van der Waals surface area contributed by atoms with Crippen molar-refractivity contribution >= 4 is 51.0 Å². The molecule has 0 aliphatic rings. The number of hydrogen-bond acceptors (Lipinski definition) is 4. The minimum Gasteiger partial charge on any atom is -0.436 e. The first-order chi connectivity index (χ1) is 13.5. The van der Waals surface area contributed by atoms with Gasteiger partial charge in [-0.25, -0.2) is 4.98 Å². The Balaban J connectivity index is 1.57. The van der Waals surface area contributed by atoms with Crippen molar-refractivity contribution in [2.75, 3.05) is 24.3 Å². The van der Waals surface area contributed by atoms with Crippen LogP contribution in [-0.4, -0.2) is 25.0 Å². The monoisotopic (exact) mass is 483 g/mol. The van der Waals surface area contributed by atoms with Gasteiger partial charge < -0.3 is 14.6 Å². The average molecular weight is 483 g/mol. The van der Waals surface area contributed by atoms with Gasteiger partial charge in [0.25, 0.3) is 5.91 Å². The van der Waals surface area contributed by atoms with Crippen LogP contribution in [0.3, 0.4) is 0 Å². The normalized spacial score (nSPS) is 10.8. The van der Waals surface area contributed by atoms with E-state index < -0.39 is 0 Å². The zero-order chi connectivity index (χ0) is 19.7. The SMILES string of the molecule is CN(C)c1ccc(-c2nc3cc(NC(=O)c4ccc(I)cc4)ccc3o2)cc1. The molecule has 0 bridgehead atoms. The predicted octanol–water partition coefficient (Wildman–Crippen LogP) is 5.42. The van der Waals surface area contributed by atoms with E-state index in [1.165, 1.54) is 0 Å². The maximum Gasteiger partial charge on any atom is 0.255 e. The second-order valence-electron chi connectivity index (χ2n) is 6.60. The fourth-order valence-corrected chi connectivity index (χ4v) is 3.19. The van der Waals surface area contributed by atoms with Gasteiger partial charge in [-0.15, -0.1) is 0 Å². The second-order valence-corrected chi connectivity index (χ2v) is 7.85. The fraction of sp³-hybridized carbons (Fsp3) is 0.0909. The van der Waals surface area contributed by atoms with Gasteiger partial charge in [0.05, 0.1) is 0 Å². The number of aromatic nitrogens is 1. The number of carbonyl (C=O) groups excluding carboxylic acids is 1.